The monoisotopic (exact) mass is 245 g/mol. The number of carbonyl (C=O) groups is 1. The third-order valence-electron chi connectivity index (χ3n) is 2.69. The van der Waals surface area contributed by atoms with Crippen molar-refractivity contribution >= 4 is 28.9 Å². The number of hydrogen-bond acceptors (Lipinski definition) is 3. The molecule has 1 aliphatic heterocycles. The maximum Gasteiger partial charge on any atom is 0.320 e. The minimum absolute atomic E-state index is 0.330. The third-order valence-corrected chi connectivity index (χ3v) is 4.06. The van der Waals surface area contributed by atoms with Crippen molar-refractivity contribution in [3.8, 4) is 0 Å². The van der Waals surface area contributed by atoms with Crippen molar-refractivity contribution in [2.75, 3.05) is 6.54 Å². The molecular weight excluding hydrogens is 234 g/mol. The van der Waals surface area contributed by atoms with E-state index in [9.17, 15) is 4.79 Å². The molecule has 0 unspecified atom stereocenters. The van der Waals surface area contributed by atoms with Gasteiger partial charge in [0.25, 0.3) is 0 Å². The summed E-state index contributed by atoms with van der Waals surface area (Å²) in [7, 11) is 0. The summed E-state index contributed by atoms with van der Waals surface area (Å²) in [4.78, 5) is 14.0. The van der Waals surface area contributed by atoms with Gasteiger partial charge in [0.1, 0.15) is 6.04 Å². The van der Waals surface area contributed by atoms with Crippen LogP contribution in [0.25, 0.3) is 0 Å². The first-order valence-corrected chi connectivity index (χ1v) is 6.13. The number of nitrogens with zero attached hydrogens (tertiary/aromatic N) is 1. The minimum Gasteiger partial charge on any atom is -0.480 e. The highest BCUT2D eigenvalue weighted by molar-refractivity contribution is 7.10. The van der Waals surface area contributed by atoms with Crippen molar-refractivity contribution in [3.05, 3.63) is 21.3 Å². The van der Waals surface area contributed by atoms with Crippen LogP contribution in [0.3, 0.4) is 0 Å². The fraction of sp³-hybridized carbons (Fsp3) is 0.500. The first-order valence-electron chi connectivity index (χ1n) is 4.87. The van der Waals surface area contributed by atoms with Gasteiger partial charge < -0.3 is 5.11 Å². The summed E-state index contributed by atoms with van der Waals surface area (Å²) in [5.41, 5.74) is 0. The van der Waals surface area contributed by atoms with E-state index in [1.165, 1.54) is 0 Å². The van der Waals surface area contributed by atoms with Crippen LogP contribution < -0.4 is 0 Å². The largest absolute Gasteiger partial charge is 0.480 e. The SMILES string of the molecule is O=C(O)[C@@H]1CCCN1Cc1sccc1Cl. The minimum atomic E-state index is -0.722. The van der Waals surface area contributed by atoms with Crippen LogP contribution in [0.15, 0.2) is 11.4 Å². The molecule has 1 atom stereocenters. The lowest BCUT2D eigenvalue weighted by molar-refractivity contribution is -0.142. The van der Waals surface area contributed by atoms with E-state index in [1.807, 2.05) is 16.3 Å². The quantitative estimate of drug-likeness (QED) is 0.889. The first kappa shape index (κ1) is 10.9. The summed E-state index contributed by atoms with van der Waals surface area (Å²) >= 11 is 7.57. The van der Waals surface area contributed by atoms with Crippen LogP contribution in [0.5, 0.6) is 0 Å². The number of carboxylic acid groups (broad SMARTS) is 1. The maximum absolute atomic E-state index is 11.0. The van der Waals surface area contributed by atoms with E-state index >= 15 is 0 Å². The Labute approximate surface area is 97.3 Å². The molecule has 0 aliphatic carbocycles. The lowest BCUT2D eigenvalue weighted by Gasteiger charge is -2.20. The van der Waals surface area contributed by atoms with Gasteiger partial charge in [-0.1, -0.05) is 11.6 Å². The molecular formula is C10H12ClNO2S. The van der Waals surface area contributed by atoms with Gasteiger partial charge in [0.2, 0.25) is 0 Å². The summed E-state index contributed by atoms with van der Waals surface area (Å²) < 4.78 is 0. The predicted octanol–water partition coefficient (Wildman–Crippen LogP) is 2.45. The van der Waals surface area contributed by atoms with E-state index in [0.717, 1.165) is 29.3 Å². The number of likely N-dealkylation sites (tertiary alicyclic amines) is 1. The number of halogens is 1. The molecule has 1 aliphatic rings. The Morgan fingerprint density at radius 2 is 2.53 bits per heavy atom. The van der Waals surface area contributed by atoms with Crippen LogP contribution >= 0.6 is 22.9 Å². The molecule has 0 saturated carbocycles. The lowest BCUT2D eigenvalue weighted by Crippen LogP contribution is -2.35. The molecule has 2 heterocycles. The maximum atomic E-state index is 11.0. The van der Waals surface area contributed by atoms with Gasteiger partial charge in [-0.15, -0.1) is 11.3 Å². The van der Waals surface area contributed by atoms with Crippen LogP contribution in [0.2, 0.25) is 5.02 Å². The zero-order chi connectivity index (χ0) is 10.8. The number of thiophene rings is 1. The second-order valence-electron chi connectivity index (χ2n) is 3.66. The van der Waals surface area contributed by atoms with E-state index in [4.69, 9.17) is 16.7 Å². The molecule has 1 saturated heterocycles. The van der Waals surface area contributed by atoms with E-state index in [1.54, 1.807) is 11.3 Å². The highest BCUT2D eigenvalue weighted by Gasteiger charge is 2.30. The molecule has 0 bridgehead atoms. The van der Waals surface area contributed by atoms with Crippen LogP contribution in [-0.4, -0.2) is 28.6 Å². The van der Waals surface area contributed by atoms with Gasteiger partial charge in [0.05, 0.1) is 5.02 Å². The van der Waals surface area contributed by atoms with Crippen molar-refractivity contribution in [1.82, 2.24) is 4.90 Å². The van der Waals surface area contributed by atoms with Crippen LogP contribution in [0, 0.1) is 0 Å². The third kappa shape index (κ3) is 2.33. The second kappa shape index (κ2) is 4.51. The predicted molar refractivity (Wildman–Crippen MR) is 60.4 cm³/mol. The van der Waals surface area contributed by atoms with E-state index in [0.29, 0.717) is 6.54 Å². The number of aliphatic carboxylic acids is 1. The molecule has 82 valence electrons. The molecule has 2 rings (SSSR count). The summed E-state index contributed by atoms with van der Waals surface area (Å²) in [6.45, 7) is 1.51. The van der Waals surface area contributed by atoms with Gasteiger partial charge >= 0.3 is 5.97 Å². The fourth-order valence-electron chi connectivity index (χ4n) is 1.92. The van der Waals surface area contributed by atoms with Crippen LogP contribution in [0.4, 0.5) is 0 Å². The summed E-state index contributed by atoms with van der Waals surface area (Å²) in [5, 5.41) is 11.7. The van der Waals surface area contributed by atoms with Gasteiger partial charge in [-0.05, 0) is 30.8 Å². The summed E-state index contributed by atoms with van der Waals surface area (Å²) in [6, 6.07) is 1.52. The molecule has 0 spiro atoms. The molecule has 1 fully saturated rings. The normalized spacial score (nSPS) is 22.1. The second-order valence-corrected chi connectivity index (χ2v) is 5.07. The summed E-state index contributed by atoms with van der Waals surface area (Å²) in [5.74, 6) is -0.722. The van der Waals surface area contributed by atoms with Gasteiger partial charge in [-0.25, -0.2) is 0 Å². The van der Waals surface area contributed by atoms with Crippen molar-refractivity contribution < 1.29 is 9.90 Å². The van der Waals surface area contributed by atoms with Gasteiger partial charge in [0, 0.05) is 11.4 Å². The molecule has 1 aromatic heterocycles. The molecule has 0 aromatic carbocycles. The van der Waals surface area contributed by atoms with E-state index < -0.39 is 5.97 Å². The Bertz CT molecular complexity index is 366. The Hall–Kier alpha value is -0.580. The van der Waals surface area contributed by atoms with Crippen LogP contribution in [-0.2, 0) is 11.3 Å². The van der Waals surface area contributed by atoms with Gasteiger partial charge in [-0.3, -0.25) is 9.69 Å². The summed E-state index contributed by atoms with van der Waals surface area (Å²) in [6.07, 6.45) is 1.71. The Morgan fingerprint density at radius 1 is 1.73 bits per heavy atom. The standard InChI is InChI=1S/C10H12ClNO2S/c11-7-3-5-15-9(7)6-12-4-1-2-8(12)10(13)14/h3,5,8H,1-2,4,6H2,(H,13,14)/t8-/m0/s1. The molecule has 15 heavy (non-hydrogen) atoms. The molecule has 5 heteroatoms. The number of rotatable bonds is 3. The fourth-order valence-corrected chi connectivity index (χ4v) is 3.04. The Morgan fingerprint density at radius 3 is 3.13 bits per heavy atom. The van der Waals surface area contributed by atoms with Gasteiger partial charge in [0.15, 0.2) is 0 Å². The van der Waals surface area contributed by atoms with Gasteiger partial charge in [-0.2, -0.15) is 0 Å². The number of carboxylic acids is 1. The molecule has 3 nitrogen and oxygen atoms in total. The zero-order valence-corrected chi connectivity index (χ0v) is 9.72. The van der Waals surface area contributed by atoms with Crippen molar-refractivity contribution in [2.45, 2.75) is 25.4 Å². The Balaban J connectivity index is 2.06. The number of hydrogen-bond donors (Lipinski definition) is 1. The van der Waals surface area contributed by atoms with Crippen molar-refractivity contribution in [3.63, 3.8) is 0 Å². The molecule has 1 N–H and O–H groups in total. The molecule has 0 amide bonds. The van der Waals surface area contributed by atoms with Crippen molar-refractivity contribution in [2.24, 2.45) is 0 Å². The zero-order valence-electron chi connectivity index (χ0n) is 8.15. The first-order chi connectivity index (χ1) is 7.18. The molecule has 1 aromatic rings. The van der Waals surface area contributed by atoms with E-state index in [-0.39, 0.29) is 6.04 Å². The lowest BCUT2D eigenvalue weighted by atomic mass is 10.2. The molecule has 0 radical (unpaired) electrons. The topological polar surface area (TPSA) is 40.5 Å². The highest BCUT2D eigenvalue weighted by Crippen LogP contribution is 2.27. The average Bonchev–Trinajstić information content (AvgIpc) is 2.77. The average molecular weight is 246 g/mol. The van der Waals surface area contributed by atoms with E-state index in [2.05, 4.69) is 0 Å². The van der Waals surface area contributed by atoms with Crippen LogP contribution in [0.1, 0.15) is 17.7 Å². The van der Waals surface area contributed by atoms with Crippen molar-refractivity contribution in [1.29, 1.82) is 0 Å². The Kier molecular flexibility index (Phi) is 3.29. The highest BCUT2D eigenvalue weighted by atomic mass is 35.5. The smallest absolute Gasteiger partial charge is 0.320 e.